The number of ether oxygens (including phenoxy) is 2. The molecule has 1 heterocycles. The summed E-state index contributed by atoms with van der Waals surface area (Å²) >= 11 is 0. The Kier molecular flexibility index (Phi) is 5.09. The molecular weight excluding hydrogens is 318 g/mol. The predicted octanol–water partition coefficient (Wildman–Crippen LogP) is 3.03. The second-order valence-corrected chi connectivity index (χ2v) is 5.56. The fraction of sp³-hybridized carbons (Fsp3) is 0.211. The van der Waals surface area contributed by atoms with Gasteiger partial charge < -0.3 is 25.1 Å². The molecule has 3 rings (SSSR count). The Morgan fingerprint density at radius 3 is 2.48 bits per heavy atom. The van der Waals surface area contributed by atoms with Gasteiger partial charge in [0.05, 0.1) is 14.2 Å². The van der Waals surface area contributed by atoms with E-state index in [9.17, 15) is 4.79 Å². The highest BCUT2D eigenvalue weighted by Crippen LogP contribution is 2.25. The van der Waals surface area contributed by atoms with Crippen molar-refractivity contribution in [2.45, 2.75) is 0 Å². The lowest BCUT2D eigenvalue weighted by atomic mass is 10.1. The number of amides is 1. The van der Waals surface area contributed by atoms with Crippen molar-refractivity contribution in [1.82, 2.24) is 10.3 Å². The average molecular weight is 339 g/mol. The highest BCUT2D eigenvalue weighted by Gasteiger charge is 2.06. The minimum Gasteiger partial charge on any atom is -0.497 e. The maximum atomic E-state index is 12.2. The van der Waals surface area contributed by atoms with E-state index in [1.165, 1.54) is 0 Å². The number of nitrogens with one attached hydrogen (secondary N) is 3. The number of hydrogen-bond donors (Lipinski definition) is 3. The monoisotopic (exact) mass is 339 g/mol. The van der Waals surface area contributed by atoms with Crippen LogP contribution < -0.4 is 20.1 Å². The van der Waals surface area contributed by atoms with Crippen molar-refractivity contribution in [3.8, 4) is 11.5 Å². The quantitative estimate of drug-likeness (QED) is 0.578. The summed E-state index contributed by atoms with van der Waals surface area (Å²) in [5.74, 6) is 1.34. The van der Waals surface area contributed by atoms with Crippen LogP contribution in [0.1, 0.15) is 10.4 Å². The summed E-state index contributed by atoms with van der Waals surface area (Å²) < 4.78 is 10.5. The summed E-state index contributed by atoms with van der Waals surface area (Å²) in [6, 6.07) is 13.1. The number of benzene rings is 2. The molecule has 0 aliphatic rings. The molecule has 0 aliphatic heterocycles. The van der Waals surface area contributed by atoms with Gasteiger partial charge in [0, 0.05) is 59.6 Å². The normalized spacial score (nSPS) is 10.5. The number of anilines is 1. The number of H-pyrrole nitrogens is 1. The molecule has 0 saturated heterocycles. The molecule has 0 fully saturated rings. The van der Waals surface area contributed by atoms with Crippen LogP contribution in [-0.4, -0.2) is 38.2 Å². The van der Waals surface area contributed by atoms with E-state index in [-0.39, 0.29) is 5.91 Å². The molecule has 1 amide bonds. The fourth-order valence-corrected chi connectivity index (χ4v) is 2.59. The lowest BCUT2D eigenvalue weighted by Gasteiger charge is -2.11. The van der Waals surface area contributed by atoms with Crippen LogP contribution in [-0.2, 0) is 0 Å². The first-order chi connectivity index (χ1) is 12.2. The van der Waals surface area contributed by atoms with Gasteiger partial charge in [-0.05, 0) is 24.3 Å². The Hall–Kier alpha value is -3.15. The Labute approximate surface area is 146 Å². The summed E-state index contributed by atoms with van der Waals surface area (Å²) in [6.45, 7) is 1.10. The Morgan fingerprint density at radius 2 is 1.76 bits per heavy atom. The van der Waals surface area contributed by atoms with Crippen LogP contribution in [0, 0.1) is 0 Å². The zero-order valence-electron chi connectivity index (χ0n) is 14.3. The number of aromatic nitrogens is 1. The number of methoxy groups -OCH3 is 2. The van der Waals surface area contributed by atoms with Gasteiger partial charge in [0.2, 0.25) is 0 Å². The van der Waals surface area contributed by atoms with Crippen molar-refractivity contribution in [2.24, 2.45) is 0 Å². The summed E-state index contributed by atoms with van der Waals surface area (Å²) in [7, 11) is 3.22. The lowest BCUT2D eigenvalue weighted by Crippen LogP contribution is -2.28. The Balaban J connectivity index is 1.53. The van der Waals surface area contributed by atoms with Gasteiger partial charge in [0.15, 0.2) is 0 Å². The van der Waals surface area contributed by atoms with Crippen LogP contribution in [0.15, 0.2) is 48.7 Å². The van der Waals surface area contributed by atoms with E-state index in [4.69, 9.17) is 9.47 Å². The van der Waals surface area contributed by atoms with Gasteiger partial charge in [0.1, 0.15) is 11.5 Å². The van der Waals surface area contributed by atoms with Crippen molar-refractivity contribution in [1.29, 1.82) is 0 Å². The van der Waals surface area contributed by atoms with E-state index in [1.54, 1.807) is 14.2 Å². The second kappa shape index (κ2) is 7.61. The SMILES string of the molecule is COc1cc(NCCNC(=O)c2ccc3[nH]ccc3c2)cc(OC)c1. The molecule has 3 N–H and O–H groups in total. The number of aromatic amines is 1. The Bertz CT molecular complexity index is 851. The molecule has 0 spiro atoms. The van der Waals surface area contributed by atoms with Crippen LogP contribution in [0.2, 0.25) is 0 Å². The van der Waals surface area contributed by atoms with Gasteiger partial charge in [0.25, 0.3) is 5.91 Å². The van der Waals surface area contributed by atoms with Crippen LogP contribution in [0.25, 0.3) is 10.9 Å². The maximum absolute atomic E-state index is 12.2. The van der Waals surface area contributed by atoms with E-state index < -0.39 is 0 Å². The molecule has 0 atom stereocenters. The first-order valence-corrected chi connectivity index (χ1v) is 8.02. The smallest absolute Gasteiger partial charge is 0.251 e. The van der Waals surface area contributed by atoms with E-state index in [2.05, 4.69) is 15.6 Å². The lowest BCUT2D eigenvalue weighted by molar-refractivity contribution is 0.0955. The largest absolute Gasteiger partial charge is 0.497 e. The van der Waals surface area contributed by atoms with Gasteiger partial charge in [-0.1, -0.05) is 0 Å². The topological polar surface area (TPSA) is 75.4 Å². The highest BCUT2D eigenvalue weighted by molar-refractivity contribution is 5.98. The molecule has 130 valence electrons. The standard InChI is InChI=1S/C19H21N3O3/c1-24-16-10-15(11-17(12-16)25-2)20-7-8-22-19(23)14-3-4-18-13(9-14)5-6-21-18/h3-6,9-12,20-21H,7-8H2,1-2H3,(H,22,23). The van der Waals surface area contributed by atoms with Crippen molar-refractivity contribution < 1.29 is 14.3 Å². The zero-order chi connectivity index (χ0) is 17.6. The first-order valence-electron chi connectivity index (χ1n) is 8.02. The van der Waals surface area contributed by atoms with E-state index in [0.717, 1.165) is 16.6 Å². The molecule has 6 heteroatoms. The van der Waals surface area contributed by atoms with Crippen LogP contribution in [0.3, 0.4) is 0 Å². The number of carbonyl (C=O) groups is 1. The number of rotatable bonds is 7. The predicted molar refractivity (Wildman–Crippen MR) is 98.7 cm³/mol. The summed E-state index contributed by atoms with van der Waals surface area (Å²) in [5, 5.41) is 7.18. The van der Waals surface area contributed by atoms with Crippen molar-refractivity contribution in [3.63, 3.8) is 0 Å². The third-order valence-electron chi connectivity index (χ3n) is 3.91. The molecule has 1 aromatic heterocycles. The summed E-state index contributed by atoms with van der Waals surface area (Å²) in [5.41, 5.74) is 2.54. The summed E-state index contributed by atoms with van der Waals surface area (Å²) in [4.78, 5) is 15.3. The van der Waals surface area contributed by atoms with Gasteiger partial charge >= 0.3 is 0 Å². The van der Waals surface area contributed by atoms with Crippen molar-refractivity contribution >= 4 is 22.5 Å². The summed E-state index contributed by atoms with van der Waals surface area (Å²) in [6.07, 6.45) is 1.86. The number of carbonyl (C=O) groups excluding carboxylic acids is 1. The molecule has 2 aromatic carbocycles. The molecule has 0 saturated carbocycles. The Morgan fingerprint density at radius 1 is 1.00 bits per heavy atom. The molecule has 0 unspecified atom stereocenters. The van der Waals surface area contributed by atoms with E-state index in [1.807, 2.05) is 48.7 Å². The molecule has 0 aliphatic carbocycles. The minimum absolute atomic E-state index is 0.0897. The van der Waals surface area contributed by atoms with Crippen LogP contribution in [0.5, 0.6) is 11.5 Å². The third-order valence-corrected chi connectivity index (χ3v) is 3.91. The van der Waals surface area contributed by atoms with Gasteiger partial charge in [-0.2, -0.15) is 0 Å². The molecular formula is C19H21N3O3. The minimum atomic E-state index is -0.0897. The molecule has 6 nitrogen and oxygen atoms in total. The third kappa shape index (κ3) is 4.03. The first kappa shape index (κ1) is 16.7. The van der Waals surface area contributed by atoms with E-state index >= 15 is 0 Å². The number of fused-ring (bicyclic) bond motifs is 1. The second-order valence-electron chi connectivity index (χ2n) is 5.56. The van der Waals surface area contributed by atoms with Gasteiger partial charge in [-0.25, -0.2) is 0 Å². The molecule has 3 aromatic rings. The van der Waals surface area contributed by atoms with Crippen molar-refractivity contribution in [2.75, 3.05) is 32.6 Å². The van der Waals surface area contributed by atoms with Crippen molar-refractivity contribution in [3.05, 3.63) is 54.2 Å². The maximum Gasteiger partial charge on any atom is 0.251 e. The van der Waals surface area contributed by atoms with Crippen LogP contribution in [0.4, 0.5) is 5.69 Å². The zero-order valence-corrected chi connectivity index (χ0v) is 14.3. The van der Waals surface area contributed by atoms with Crippen LogP contribution >= 0.6 is 0 Å². The highest BCUT2D eigenvalue weighted by atomic mass is 16.5. The van der Waals surface area contributed by atoms with E-state index in [0.29, 0.717) is 30.2 Å². The number of hydrogen-bond acceptors (Lipinski definition) is 4. The molecule has 25 heavy (non-hydrogen) atoms. The van der Waals surface area contributed by atoms with Gasteiger partial charge in [-0.15, -0.1) is 0 Å². The fourth-order valence-electron chi connectivity index (χ4n) is 2.59. The molecule has 0 radical (unpaired) electrons. The average Bonchev–Trinajstić information content (AvgIpc) is 3.12. The molecule has 0 bridgehead atoms. The van der Waals surface area contributed by atoms with Gasteiger partial charge in [-0.3, -0.25) is 4.79 Å².